The Bertz CT molecular complexity index is 1100. The van der Waals surface area contributed by atoms with Gasteiger partial charge in [0.15, 0.2) is 0 Å². The molecular formula is C20H18ClN5. The molecule has 0 bridgehead atoms. The molecule has 0 radical (unpaired) electrons. The van der Waals surface area contributed by atoms with E-state index in [1.54, 1.807) is 6.33 Å². The minimum atomic E-state index is 0.283. The standard InChI is InChI=1S/C20H18ClN5/c21-18-15-7-12(11-3-5-22-6-4-11)1-2-17(15)25-19(18)16-9-26-20(23-10-24-26)14-8-13(14)16/h1-2,7-11,14,22,25H,3-6H2/t14-/m1/s1. The van der Waals surface area contributed by atoms with Crippen LogP contribution in [0.15, 0.2) is 36.2 Å². The highest BCUT2D eigenvalue weighted by Gasteiger charge is 2.38. The lowest BCUT2D eigenvalue weighted by Crippen LogP contribution is -2.26. The van der Waals surface area contributed by atoms with Crippen LogP contribution in [0.1, 0.15) is 41.8 Å². The first kappa shape index (κ1) is 14.8. The van der Waals surface area contributed by atoms with E-state index in [-0.39, 0.29) is 5.92 Å². The number of piperidine rings is 1. The van der Waals surface area contributed by atoms with Crippen molar-refractivity contribution in [1.29, 1.82) is 0 Å². The molecule has 6 rings (SSSR count). The molecule has 0 saturated carbocycles. The van der Waals surface area contributed by atoms with E-state index in [9.17, 15) is 0 Å². The van der Waals surface area contributed by atoms with E-state index in [0.29, 0.717) is 5.92 Å². The minimum absolute atomic E-state index is 0.283. The molecule has 6 heteroatoms. The Kier molecular flexibility index (Phi) is 3.02. The maximum absolute atomic E-state index is 6.83. The molecule has 4 heterocycles. The van der Waals surface area contributed by atoms with Gasteiger partial charge in [-0.15, -0.1) is 0 Å². The predicted molar refractivity (Wildman–Crippen MR) is 103 cm³/mol. The lowest BCUT2D eigenvalue weighted by Gasteiger charge is -2.23. The molecule has 0 unspecified atom stereocenters. The molecule has 5 nitrogen and oxygen atoms in total. The fourth-order valence-corrected chi connectivity index (χ4v) is 4.67. The normalized spacial score (nSPS) is 22.0. The van der Waals surface area contributed by atoms with Crippen LogP contribution in [0.3, 0.4) is 0 Å². The summed E-state index contributed by atoms with van der Waals surface area (Å²) in [7, 11) is 0. The highest BCUT2D eigenvalue weighted by Crippen LogP contribution is 2.51. The van der Waals surface area contributed by atoms with E-state index in [2.05, 4.69) is 44.7 Å². The first-order valence-electron chi connectivity index (χ1n) is 9.15. The number of hydrogen-bond acceptors (Lipinski definition) is 3. The molecule has 2 aliphatic heterocycles. The van der Waals surface area contributed by atoms with Crippen molar-refractivity contribution in [1.82, 2.24) is 25.1 Å². The summed E-state index contributed by atoms with van der Waals surface area (Å²) in [6.07, 6.45) is 8.24. The van der Waals surface area contributed by atoms with Gasteiger partial charge in [-0.1, -0.05) is 23.7 Å². The zero-order valence-electron chi connectivity index (χ0n) is 14.2. The van der Waals surface area contributed by atoms with E-state index in [1.165, 1.54) is 24.0 Å². The van der Waals surface area contributed by atoms with Gasteiger partial charge in [0.1, 0.15) is 12.2 Å². The monoisotopic (exact) mass is 363 g/mol. The summed E-state index contributed by atoms with van der Waals surface area (Å²) in [6.45, 7) is 2.19. The molecule has 3 aromatic rings. The van der Waals surface area contributed by atoms with Crippen molar-refractivity contribution in [3.8, 4) is 0 Å². The Balaban J connectivity index is 1.45. The van der Waals surface area contributed by atoms with E-state index >= 15 is 0 Å². The van der Waals surface area contributed by atoms with Crippen molar-refractivity contribution in [2.45, 2.75) is 24.7 Å². The first-order chi connectivity index (χ1) is 12.8. The molecule has 1 aromatic carbocycles. The fraction of sp³-hybridized carbons (Fsp3) is 0.300. The molecule has 1 atom stereocenters. The third kappa shape index (κ3) is 2.07. The number of nitrogens with zero attached hydrogens (tertiary/aromatic N) is 3. The highest BCUT2D eigenvalue weighted by molar-refractivity contribution is 6.38. The molecular weight excluding hydrogens is 346 g/mol. The summed E-state index contributed by atoms with van der Waals surface area (Å²) in [4.78, 5) is 7.87. The third-order valence-corrected chi connectivity index (χ3v) is 6.25. The molecule has 0 spiro atoms. The average Bonchev–Trinajstić information content (AvgIpc) is 3.23. The molecule has 1 aliphatic carbocycles. The second-order valence-corrected chi connectivity index (χ2v) is 7.73. The van der Waals surface area contributed by atoms with Crippen LogP contribution in [0.4, 0.5) is 0 Å². The number of allylic oxidation sites excluding steroid dienone is 3. The van der Waals surface area contributed by atoms with Crippen LogP contribution in [0.25, 0.3) is 22.7 Å². The van der Waals surface area contributed by atoms with Gasteiger partial charge >= 0.3 is 0 Å². The van der Waals surface area contributed by atoms with Gasteiger partial charge in [-0.2, -0.15) is 5.10 Å². The number of hydrogen-bond donors (Lipinski definition) is 2. The van der Waals surface area contributed by atoms with E-state index < -0.39 is 0 Å². The molecule has 0 amide bonds. The van der Waals surface area contributed by atoms with Gasteiger partial charge in [0, 0.05) is 22.7 Å². The molecule has 3 aliphatic rings. The van der Waals surface area contributed by atoms with Crippen molar-refractivity contribution in [3.05, 3.63) is 58.3 Å². The van der Waals surface area contributed by atoms with Crippen molar-refractivity contribution >= 4 is 34.3 Å². The highest BCUT2D eigenvalue weighted by atomic mass is 35.5. The maximum Gasteiger partial charge on any atom is 0.143 e. The number of fused-ring (bicyclic) bond motifs is 4. The van der Waals surface area contributed by atoms with Crippen LogP contribution >= 0.6 is 11.6 Å². The smallest absolute Gasteiger partial charge is 0.143 e. The van der Waals surface area contributed by atoms with Crippen molar-refractivity contribution in [2.24, 2.45) is 0 Å². The zero-order valence-corrected chi connectivity index (χ0v) is 14.9. The average molecular weight is 364 g/mol. The van der Waals surface area contributed by atoms with Gasteiger partial charge in [0.2, 0.25) is 0 Å². The lowest BCUT2D eigenvalue weighted by molar-refractivity contribution is 0.460. The Morgan fingerprint density at radius 1 is 1.19 bits per heavy atom. The number of halogens is 1. The van der Waals surface area contributed by atoms with Gasteiger partial charge in [-0.3, -0.25) is 0 Å². The quantitative estimate of drug-likeness (QED) is 0.725. The molecule has 130 valence electrons. The van der Waals surface area contributed by atoms with Crippen LogP contribution in [-0.4, -0.2) is 32.8 Å². The molecule has 1 saturated heterocycles. The van der Waals surface area contributed by atoms with Crippen molar-refractivity contribution in [3.63, 3.8) is 0 Å². The predicted octanol–water partition coefficient (Wildman–Crippen LogP) is 3.92. The summed E-state index contributed by atoms with van der Waals surface area (Å²) in [5, 5.41) is 9.65. The first-order valence-corrected chi connectivity index (χ1v) is 9.53. The third-order valence-electron chi connectivity index (χ3n) is 5.85. The Morgan fingerprint density at radius 3 is 2.96 bits per heavy atom. The Morgan fingerprint density at radius 2 is 2.08 bits per heavy atom. The van der Waals surface area contributed by atoms with Gasteiger partial charge in [-0.05, 0) is 55.1 Å². The minimum Gasteiger partial charge on any atom is -0.353 e. The van der Waals surface area contributed by atoms with Crippen LogP contribution in [-0.2, 0) is 0 Å². The zero-order chi connectivity index (χ0) is 17.3. The number of aromatic amines is 1. The van der Waals surface area contributed by atoms with Gasteiger partial charge < -0.3 is 10.3 Å². The number of benzene rings is 1. The molecule has 1 fully saturated rings. The number of aromatic nitrogens is 4. The summed E-state index contributed by atoms with van der Waals surface area (Å²) in [5.74, 6) is 1.90. The van der Waals surface area contributed by atoms with E-state index in [1.807, 2.05) is 10.9 Å². The summed E-state index contributed by atoms with van der Waals surface area (Å²) in [5.41, 5.74) is 5.88. The molecule has 26 heavy (non-hydrogen) atoms. The van der Waals surface area contributed by atoms with E-state index in [4.69, 9.17) is 11.6 Å². The van der Waals surface area contributed by atoms with Crippen LogP contribution in [0, 0.1) is 0 Å². The van der Waals surface area contributed by atoms with Crippen LogP contribution in [0.2, 0.25) is 5.02 Å². The van der Waals surface area contributed by atoms with Gasteiger partial charge in [0.25, 0.3) is 0 Å². The summed E-state index contributed by atoms with van der Waals surface area (Å²) in [6, 6.07) is 6.70. The Hall–Kier alpha value is -2.37. The summed E-state index contributed by atoms with van der Waals surface area (Å²) >= 11 is 6.83. The second-order valence-electron chi connectivity index (χ2n) is 7.35. The van der Waals surface area contributed by atoms with Crippen LogP contribution < -0.4 is 5.32 Å². The number of nitrogens with one attached hydrogen (secondary N) is 2. The topological polar surface area (TPSA) is 58.5 Å². The lowest BCUT2D eigenvalue weighted by atomic mass is 9.90. The molecule has 2 N–H and O–H groups in total. The van der Waals surface area contributed by atoms with Crippen molar-refractivity contribution in [2.75, 3.05) is 13.1 Å². The largest absolute Gasteiger partial charge is 0.353 e. The number of H-pyrrole nitrogens is 1. The SMILES string of the molecule is Clc1c(C2=Cn3ncnc3[C@@H]3C=C23)[nH]c2ccc(C3CCNCC3)cc12. The van der Waals surface area contributed by atoms with Crippen molar-refractivity contribution < 1.29 is 0 Å². The fourth-order valence-electron chi connectivity index (χ4n) is 4.36. The second kappa shape index (κ2) is 5.32. The summed E-state index contributed by atoms with van der Waals surface area (Å²) < 4.78 is 1.86. The Labute approximate surface area is 155 Å². The maximum atomic E-state index is 6.83. The van der Waals surface area contributed by atoms with Gasteiger partial charge in [0.05, 0.1) is 16.6 Å². The van der Waals surface area contributed by atoms with Gasteiger partial charge in [-0.25, -0.2) is 9.67 Å². The number of rotatable bonds is 2. The van der Waals surface area contributed by atoms with Crippen LogP contribution in [0.5, 0.6) is 0 Å². The molecule has 2 aromatic heterocycles. The van der Waals surface area contributed by atoms with E-state index in [0.717, 1.165) is 46.1 Å².